The maximum absolute atomic E-state index is 12.3. The van der Waals surface area contributed by atoms with E-state index in [2.05, 4.69) is 10.6 Å². The smallest absolute Gasteiger partial charge is 0.322 e. The first-order valence-electron chi connectivity index (χ1n) is 11.9. The molecule has 0 bridgehead atoms. The quantitative estimate of drug-likeness (QED) is 0.102. The summed E-state index contributed by atoms with van der Waals surface area (Å²) in [5.41, 5.74) is 3.39. The molecule has 0 heterocycles. The molecular weight excluding hydrogens is 654 g/mol. The van der Waals surface area contributed by atoms with Crippen molar-refractivity contribution in [3.8, 4) is 0 Å². The van der Waals surface area contributed by atoms with Gasteiger partial charge in [-0.05, 0) is 18.6 Å². The maximum atomic E-state index is 12.3. The van der Waals surface area contributed by atoms with Crippen molar-refractivity contribution in [2.24, 2.45) is 5.73 Å². The lowest BCUT2D eigenvalue weighted by molar-refractivity contribution is -0.396. The SMILES string of the molecule is NC(CCC(=O)NC(CSc1ccc([N+](=O)[O-])cc1[N+](=O)[O-])C(=O)NCC(=O)O)C(=O)O.O=[N+]([O-])c1ccc(Cl)c([N+](=O)[O-])c1. The van der Waals surface area contributed by atoms with E-state index in [1.165, 1.54) is 0 Å². The van der Waals surface area contributed by atoms with Gasteiger partial charge in [-0.3, -0.25) is 59.6 Å². The molecule has 0 aliphatic rings. The molecule has 0 radical (unpaired) electrons. The van der Waals surface area contributed by atoms with Gasteiger partial charge in [-0.2, -0.15) is 0 Å². The van der Waals surface area contributed by atoms with Crippen molar-refractivity contribution in [2.45, 2.75) is 29.8 Å². The van der Waals surface area contributed by atoms with Crippen LogP contribution in [0.15, 0.2) is 41.3 Å². The van der Waals surface area contributed by atoms with E-state index in [4.69, 9.17) is 27.5 Å². The van der Waals surface area contributed by atoms with Gasteiger partial charge in [0.05, 0.1) is 36.7 Å². The minimum absolute atomic E-state index is 0.0289. The molecule has 0 aliphatic carbocycles. The third kappa shape index (κ3) is 12.7. The summed E-state index contributed by atoms with van der Waals surface area (Å²) in [4.78, 5) is 85.1. The molecule has 45 heavy (non-hydrogen) atoms. The van der Waals surface area contributed by atoms with Crippen molar-refractivity contribution < 1.29 is 49.1 Å². The van der Waals surface area contributed by atoms with Crippen LogP contribution in [-0.2, 0) is 19.2 Å². The number of hydrogen-bond donors (Lipinski definition) is 5. The summed E-state index contributed by atoms with van der Waals surface area (Å²) in [6, 6.07) is 3.28. The molecule has 2 atom stereocenters. The van der Waals surface area contributed by atoms with Crippen molar-refractivity contribution in [3.63, 3.8) is 0 Å². The van der Waals surface area contributed by atoms with Crippen molar-refractivity contribution in [1.82, 2.24) is 10.6 Å². The summed E-state index contributed by atoms with van der Waals surface area (Å²) in [7, 11) is 0. The maximum Gasteiger partial charge on any atom is 0.322 e. The second-order valence-corrected chi connectivity index (χ2v) is 9.81. The fourth-order valence-electron chi connectivity index (χ4n) is 2.96. The van der Waals surface area contributed by atoms with Crippen LogP contribution in [0.1, 0.15) is 12.8 Å². The Balaban J connectivity index is 0.000000645. The lowest BCUT2D eigenvalue weighted by atomic mass is 10.1. The fraction of sp³-hybridized carbons (Fsp3) is 0.273. The molecule has 242 valence electrons. The monoisotopic (exact) mass is 675 g/mol. The number of aliphatic carboxylic acids is 2. The van der Waals surface area contributed by atoms with Crippen LogP contribution in [0.2, 0.25) is 5.02 Å². The Kier molecular flexibility index (Phi) is 14.7. The number of carboxylic acids is 2. The number of carbonyl (C=O) groups is 4. The van der Waals surface area contributed by atoms with Crippen LogP contribution in [-0.4, -0.2) is 78.0 Å². The highest BCUT2D eigenvalue weighted by atomic mass is 35.5. The highest BCUT2D eigenvalue weighted by Gasteiger charge is 2.26. The van der Waals surface area contributed by atoms with Crippen LogP contribution in [0.3, 0.4) is 0 Å². The number of nitrogens with two attached hydrogens (primary N) is 1. The number of nitro groups is 4. The molecule has 2 unspecified atom stereocenters. The van der Waals surface area contributed by atoms with Crippen molar-refractivity contribution in [2.75, 3.05) is 12.3 Å². The van der Waals surface area contributed by atoms with E-state index in [-0.39, 0.29) is 34.2 Å². The van der Waals surface area contributed by atoms with Gasteiger partial charge in [-0.1, -0.05) is 11.6 Å². The van der Waals surface area contributed by atoms with E-state index in [0.717, 1.165) is 48.2 Å². The zero-order chi connectivity index (χ0) is 34.4. The zero-order valence-corrected chi connectivity index (χ0v) is 24.0. The number of halogens is 1. The van der Waals surface area contributed by atoms with Gasteiger partial charge in [0, 0.05) is 24.3 Å². The van der Waals surface area contributed by atoms with Crippen LogP contribution in [0.5, 0.6) is 0 Å². The molecule has 0 saturated carbocycles. The minimum Gasteiger partial charge on any atom is -0.480 e. The Bertz CT molecular complexity index is 1510. The van der Waals surface area contributed by atoms with Gasteiger partial charge < -0.3 is 26.6 Å². The molecule has 6 N–H and O–H groups in total. The molecule has 0 aliphatic heterocycles. The summed E-state index contributed by atoms with van der Waals surface area (Å²) in [6.07, 6.45) is -0.579. The predicted octanol–water partition coefficient (Wildman–Crippen LogP) is 1.63. The van der Waals surface area contributed by atoms with Gasteiger partial charge in [-0.25, -0.2) is 0 Å². The topological polar surface area (TPSA) is 331 Å². The molecule has 23 heteroatoms. The van der Waals surface area contributed by atoms with Crippen LogP contribution in [0.4, 0.5) is 22.7 Å². The van der Waals surface area contributed by atoms with Crippen LogP contribution in [0, 0.1) is 40.5 Å². The molecule has 2 rings (SSSR count). The number of nitrogens with one attached hydrogen (secondary N) is 2. The van der Waals surface area contributed by atoms with Crippen LogP contribution >= 0.6 is 23.4 Å². The van der Waals surface area contributed by atoms with Gasteiger partial charge in [0.1, 0.15) is 23.7 Å². The van der Waals surface area contributed by atoms with Crippen LogP contribution in [0.25, 0.3) is 0 Å². The van der Waals surface area contributed by atoms with E-state index >= 15 is 0 Å². The van der Waals surface area contributed by atoms with E-state index < -0.39 is 79.1 Å². The Morgan fingerprint density at radius 2 is 1.40 bits per heavy atom. The van der Waals surface area contributed by atoms with Gasteiger partial charge in [-0.15, -0.1) is 11.8 Å². The number of hydrogen-bond acceptors (Lipinski definition) is 14. The molecule has 0 spiro atoms. The highest BCUT2D eigenvalue weighted by molar-refractivity contribution is 7.99. The average molecular weight is 676 g/mol. The second-order valence-electron chi connectivity index (χ2n) is 8.34. The number of nitrogens with zero attached hydrogens (tertiary/aromatic N) is 4. The summed E-state index contributed by atoms with van der Waals surface area (Å²) in [6.45, 7) is -0.753. The van der Waals surface area contributed by atoms with Gasteiger partial charge >= 0.3 is 11.9 Å². The Hall–Kier alpha value is -5.48. The third-order valence-electron chi connectivity index (χ3n) is 5.16. The van der Waals surface area contributed by atoms with Crippen LogP contribution < -0.4 is 16.4 Å². The molecule has 2 aromatic rings. The second kappa shape index (κ2) is 17.6. The Morgan fingerprint density at radius 1 is 0.867 bits per heavy atom. The number of non-ortho nitro benzene ring substituents is 2. The fourth-order valence-corrected chi connectivity index (χ4v) is 4.17. The molecule has 0 aromatic heterocycles. The Morgan fingerprint density at radius 3 is 1.89 bits per heavy atom. The number of carboxylic acid groups (broad SMARTS) is 2. The van der Waals surface area contributed by atoms with E-state index in [1.807, 2.05) is 0 Å². The Labute approximate surface area is 259 Å². The van der Waals surface area contributed by atoms with E-state index in [9.17, 15) is 59.6 Å². The number of thioether (sulfide) groups is 1. The third-order valence-corrected chi connectivity index (χ3v) is 6.63. The number of carbonyl (C=O) groups excluding carboxylic acids is 2. The average Bonchev–Trinajstić information content (AvgIpc) is 2.96. The molecular formula is C22H22ClN7O14S. The van der Waals surface area contributed by atoms with Crippen molar-refractivity contribution in [3.05, 3.63) is 81.9 Å². The van der Waals surface area contributed by atoms with Gasteiger partial charge in [0.25, 0.3) is 22.7 Å². The van der Waals surface area contributed by atoms with E-state index in [0.29, 0.717) is 0 Å². The first kappa shape index (κ1) is 37.5. The molecule has 2 amide bonds. The summed E-state index contributed by atoms with van der Waals surface area (Å²) in [5.74, 6) is -4.62. The zero-order valence-electron chi connectivity index (χ0n) is 22.4. The van der Waals surface area contributed by atoms with Gasteiger partial charge in [0.15, 0.2) is 0 Å². The standard InChI is InChI=1S/C16H19N5O10S.C6H3ClN2O4/c17-9(16(26)27)2-4-13(22)19-10(15(25)18-6-14(23)24)7-32-12-3-1-8(20(28)29)5-11(12)21(30)31;7-5-2-1-4(8(10)11)3-6(5)9(12)13/h1,3,5,9-10H,2,4,6-7,17H2,(H,18,25)(H,19,22)(H,23,24)(H,26,27);1-3H. The number of rotatable bonds is 15. The minimum atomic E-state index is -1.35. The number of amides is 2. The summed E-state index contributed by atoms with van der Waals surface area (Å²) in [5, 5.41) is 64.3. The molecule has 2 aromatic carbocycles. The number of benzene rings is 2. The summed E-state index contributed by atoms with van der Waals surface area (Å²) >= 11 is 6.16. The summed E-state index contributed by atoms with van der Waals surface area (Å²) < 4.78 is 0. The lowest BCUT2D eigenvalue weighted by Gasteiger charge is -2.18. The predicted molar refractivity (Wildman–Crippen MR) is 153 cm³/mol. The van der Waals surface area contributed by atoms with Gasteiger partial charge in [0.2, 0.25) is 11.8 Å². The number of nitro benzene ring substituents is 4. The van der Waals surface area contributed by atoms with Crippen molar-refractivity contribution >= 4 is 69.9 Å². The lowest BCUT2D eigenvalue weighted by Crippen LogP contribution is -2.49. The highest BCUT2D eigenvalue weighted by Crippen LogP contribution is 2.33. The van der Waals surface area contributed by atoms with Crippen molar-refractivity contribution in [1.29, 1.82) is 0 Å². The van der Waals surface area contributed by atoms with E-state index in [1.54, 1.807) is 0 Å². The molecule has 0 fully saturated rings. The molecule has 0 saturated heterocycles. The largest absolute Gasteiger partial charge is 0.480 e. The first-order valence-corrected chi connectivity index (χ1v) is 13.2. The normalized spacial score (nSPS) is 11.5. The first-order chi connectivity index (χ1) is 20.9. The molecule has 21 nitrogen and oxygen atoms in total.